The van der Waals surface area contributed by atoms with Gasteiger partial charge in [-0.05, 0) is 73.8 Å². The van der Waals surface area contributed by atoms with Gasteiger partial charge in [0.2, 0.25) is 5.91 Å². The van der Waals surface area contributed by atoms with Crippen molar-refractivity contribution in [2.45, 2.75) is 62.6 Å². The molecule has 9 heteroatoms. The molecule has 0 saturated carbocycles. The predicted octanol–water partition coefficient (Wildman–Crippen LogP) is 4.66. The molecule has 3 heterocycles. The largest absolute Gasteiger partial charge is 0.497 e. The summed E-state index contributed by atoms with van der Waals surface area (Å²) in [5.41, 5.74) is 1.69. The molecule has 6 rings (SSSR count). The molecule has 0 bridgehead atoms. The van der Waals surface area contributed by atoms with E-state index in [9.17, 15) is 14.7 Å². The van der Waals surface area contributed by atoms with Crippen LogP contribution in [0.4, 0.5) is 17.1 Å². The van der Waals surface area contributed by atoms with Crippen molar-refractivity contribution in [1.29, 1.82) is 0 Å². The van der Waals surface area contributed by atoms with Crippen LogP contribution in [0.15, 0.2) is 72.8 Å². The first kappa shape index (κ1) is 29.6. The normalized spacial score (nSPS) is 26.6. The summed E-state index contributed by atoms with van der Waals surface area (Å²) in [7, 11) is -0.628. The third kappa shape index (κ3) is 4.88. The Balaban J connectivity index is 1.46. The van der Waals surface area contributed by atoms with Gasteiger partial charge in [-0.1, -0.05) is 55.5 Å². The second-order valence-electron chi connectivity index (χ2n) is 12.5. The summed E-state index contributed by atoms with van der Waals surface area (Å²) in [4.78, 5) is 29.6. The smallest absolute Gasteiger partial charge is 0.268 e. The molecule has 5 atom stereocenters. The van der Waals surface area contributed by atoms with Gasteiger partial charge in [-0.15, -0.1) is 0 Å². The van der Waals surface area contributed by atoms with Gasteiger partial charge in [-0.2, -0.15) is 0 Å². The van der Waals surface area contributed by atoms with Crippen LogP contribution < -0.4 is 25.5 Å². The molecule has 2 amide bonds. The lowest BCUT2D eigenvalue weighted by molar-refractivity contribution is -0.145. The van der Waals surface area contributed by atoms with Crippen molar-refractivity contribution < 1.29 is 24.2 Å². The first-order valence-corrected chi connectivity index (χ1v) is 18.3. The minimum atomic E-state index is -2.29. The molecule has 0 radical (unpaired) electrons. The van der Waals surface area contributed by atoms with Crippen LogP contribution in [0.2, 0.25) is 18.6 Å². The van der Waals surface area contributed by atoms with Gasteiger partial charge >= 0.3 is 0 Å². The highest BCUT2D eigenvalue weighted by atomic mass is 28.3. The molecule has 3 aromatic rings. The fourth-order valence-electron chi connectivity index (χ4n) is 7.68. The Morgan fingerprint density at radius 1 is 1.14 bits per heavy atom. The van der Waals surface area contributed by atoms with Crippen molar-refractivity contribution in [1.82, 2.24) is 5.32 Å². The molecule has 2 fully saturated rings. The van der Waals surface area contributed by atoms with Crippen molar-refractivity contribution >= 4 is 42.1 Å². The molecule has 0 unspecified atom stereocenters. The number of nitrogens with zero attached hydrogens (tertiary/aromatic N) is 1. The van der Waals surface area contributed by atoms with E-state index >= 15 is 0 Å². The van der Waals surface area contributed by atoms with Crippen LogP contribution in [-0.2, 0) is 19.9 Å². The van der Waals surface area contributed by atoms with Gasteiger partial charge in [0.1, 0.15) is 5.75 Å². The number of benzene rings is 3. The Morgan fingerprint density at radius 2 is 1.88 bits per heavy atom. The third-order valence-electron chi connectivity index (χ3n) is 9.82. The van der Waals surface area contributed by atoms with Gasteiger partial charge < -0.3 is 25.2 Å². The Kier molecular flexibility index (Phi) is 7.93. The molecule has 0 aliphatic carbocycles. The lowest BCUT2D eigenvalue weighted by atomic mass is 9.82. The predicted molar refractivity (Wildman–Crippen MR) is 171 cm³/mol. The first-order valence-electron chi connectivity index (χ1n) is 15.2. The molecule has 226 valence electrons. The quantitative estimate of drug-likeness (QED) is 0.326. The summed E-state index contributed by atoms with van der Waals surface area (Å²) < 4.78 is 12.4. The molecule has 3 aliphatic heterocycles. The van der Waals surface area contributed by atoms with E-state index in [1.165, 1.54) is 5.19 Å². The zero-order valence-corrected chi connectivity index (χ0v) is 26.3. The van der Waals surface area contributed by atoms with E-state index in [1.807, 2.05) is 60.7 Å². The average Bonchev–Trinajstić information content (AvgIpc) is 3.71. The Hall–Kier alpha value is -3.50. The number of hydrogen-bond acceptors (Lipinski definition) is 6. The van der Waals surface area contributed by atoms with Crippen molar-refractivity contribution in [3.05, 3.63) is 78.4 Å². The van der Waals surface area contributed by atoms with E-state index < -0.39 is 13.7 Å². The summed E-state index contributed by atoms with van der Waals surface area (Å²) in [6.07, 6.45) is 1.88. The lowest BCUT2D eigenvalue weighted by Gasteiger charge is -2.37. The maximum Gasteiger partial charge on any atom is 0.268 e. The topological polar surface area (TPSA) is 100 Å². The Morgan fingerprint density at radius 3 is 2.53 bits per heavy atom. The molecule has 43 heavy (non-hydrogen) atoms. The number of aliphatic hydroxyl groups excluding tert-OH is 1. The number of fused-ring (bicyclic) bond motifs is 2. The number of aliphatic hydroxyl groups is 1. The summed E-state index contributed by atoms with van der Waals surface area (Å²) in [5, 5.41) is 17.8. The van der Waals surface area contributed by atoms with Gasteiger partial charge in [0.25, 0.3) is 5.91 Å². The average molecular weight is 600 g/mol. The van der Waals surface area contributed by atoms with E-state index in [0.717, 1.165) is 42.1 Å². The molecule has 3 aromatic carbocycles. The monoisotopic (exact) mass is 599 g/mol. The number of amides is 2. The van der Waals surface area contributed by atoms with Gasteiger partial charge in [0.05, 0.1) is 33.0 Å². The number of rotatable bonds is 8. The molecular weight excluding hydrogens is 558 g/mol. The number of carbonyl (C=O) groups is 2. The molecule has 3 N–H and O–H groups in total. The Labute approximate surface area is 254 Å². The number of ether oxygens (including phenoxy) is 2. The number of nitrogens with one attached hydrogen (secondary N) is 2. The molecular formula is C34H41N3O5Si. The van der Waals surface area contributed by atoms with E-state index in [2.05, 4.69) is 42.8 Å². The van der Waals surface area contributed by atoms with Crippen LogP contribution in [0.5, 0.6) is 5.75 Å². The van der Waals surface area contributed by atoms with E-state index in [-0.39, 0.29) is 42.0 Å². The second-order valence-corrected chi connectivity index (χ2v) is 17.2. The first-order chi connectivity index (χ1) is 20.7. The van der Waals surface area contributed by atoms with Gasteiger partial charge in [-0.25, -0.2) is 0 Å². The second kappa shape index (κ2) is 11.5. The number of methoxy groups -OCH3 is 1. The van der Waals surface area contributed by atoms with Gasteiger partial charge in [0.15, 0.2) is 5.60 Å². The van der Waals surface area contributed by atoms with Crippen molar-refractivity contribution in [3.8, 4) is 5.75 Å². The number of anilines is 3. The number of para-hydroxylation sites is 1. The maximum atomic E-state index is 14.8. The van der Waals surface area contributed by atoms with Crippen molar-refractivity contribution in [2.75, 3.05) is 30.5 Å². The van der Waals surface area contributed by atoms with Crippen LogP contribution in [0, 0.1) is 5.92 Å². The summed E-state index contributed by atoms with van der Waals surface area (Å²) >= 11 is 0. The number of hydrogen-bond donors (Lipinski definition) is 3. The summed E-state index contributed by atoms with van der Waals surface area (Å²) in [5.74, 6) is 0.399. The van der Waals surface area contributed by atoms with E-state index in [4.69, 9.17) is 9.47 Å². The van der Waals surface area contributed by atoms with Crippen LogP contribution in [0.3, 0.4) is 0 Å². The van der Waals surface area contributed by atoms with E-state index in [1.54, 1.807) is 12.0 Å². The van der Waals surface area contributed by atoms with Crippen molar-refractivity contribution in [3.63, 3.8) is 0 Å². The maximum absolute atomic E-state index is 14.8. The highest BCUT2D eigenvalue weighted by Gasteiger charge is 2.66. The van der Waals surface area contributed by atoms with Crippen molar-refractivity contribution in [2.24, 2.45) is 5.92 Å². The number of carbonyl (C=O) groups excluding carboxylic acids is 2. The Bertz CT molecular complexity index is 1490. The highest BCUT2D eigenvalue weighted by Crippen LogP contribution is 2.61. The minimum absolute atomic E-state index is 0.0292. The third-order valence-corrected chi connectivity index (χ3v) is 14.2. The molecule has 1 spiro atoms. The molecule has 2 saturated heterocycles. The van der Waals surface area contributed by atoms with Gasteiger partial charge in [0, 0.05) is 29.5 Å². The fraction of sp³-hybridized carbons (Fsp3) is 0.412. The van der Waals surface area contributed by atoms with Crippen LogP contribution >= 0.6 is 0 Å². The molecule has 0 aromatic heterocycles. The molecule has 8 nitrogen and oxygen atoms in total. The zero-order valence-electron chi connectivity index (χ0n) is 25.3. The minimum Gasteiger partial charge on any atom is -0.497 e. The zero-order chi connectivity index (χ0) is 30.4. The fourth-order valence-corrected chi connectivity index (χ4v) is 11.7. The van der Waals surface area contributed by atoms with E-state index in [0.29, 0.717) is 12.1 Å². The van der Waals surface area contributed by atoms with Crippen LogP contribution in [0.1, 0.15) is 31.7 Å². The van der Waals surface area contributed by atoms with Crippen LogP contribution in [-0.4, -0.2) is 57.4 Å². The summed E-state index contributed by atoms with van der Waals surface area (Å²) in [6.45, 7) is 7.57. The standard InChI is InChI=1S/C34H41N3O5Si/c1-22-31(43(3,4)26-15-13-25(41-2)14-16-26)30(18-20-38)42-34(22)27-21-23(36-32(39)28-11-8-19-35-28)12-17-29(27)37(33(34)40)24-9-6-5-7-10-24/h5-7,9-10,12-17,21-22,28,30-31,35,38H,8,11,18-20H2,1-4H3,(H,36,39)/t22-,28-,30+,31-,34+/m1/s1. The highest BCUT2D eigenvalue weighted by molar-refractivity contribution is 6.91. The molecule has 3 aliphatic rings. The van der Waals surface area contributed by atoms with Gasteiger partial charge in [-0.3, -0.25) is 14.5 Å². The summed E-state index contributed by atoms with van der Waals surface area (Å²) in [6, 6.07) is 23.4. The SMILES string of the molecule is COc1ccc([Si](C)(C)[C@H]2[C@H](CCO)O[C@@]3(C(=O)N(c4ccccc4)c4ccc(NC(=O)[C@H]5CCCN5)cc43)[C@@H]2C)cc1. The van der Waals surface area contributed by atoms with Crippen LogP contribution in [0.25, 0.3) is 0 Å². The lowest BCUT2D eigenvalue weighted by Crippen LogP contribution is -2.51.